The summed E-state index contributed by atoms with van der Waals surface area (Å²) in [6, 6.07) is 12.9. The van der Waals surface area contributed by atoms with Gasteiger partial charge in [0, 0.05) is 38.3 Å². The number of hydrogen-bond acceptors (Lipinski definition) is 6. The smallest absolute Gasteiger partial charge is 0.269 e. The van der Waals surface area contributed by atoms with Gasteiger partial charge in [-0.25, -0.2) is 8.42 Å². The molecule has 1 aliphatic heterocycles. The lowest BCUT2D eigenvalue weighted by Gasteiger charge is -2.34. The quantitative estimate of drug-likeness (QED) is 0.521. The molecule has 10 heteroatoms. The molecule has 0 N–H and O–H groups in total. The number of nitrogens with zero attached hydrogens (tertiary/aromatic N) is 4. The lowest BCUT2D eigenvalue weighted by atomic mass is 10.2. The summed E-state index contributed by atoms with van der Waals surface area (Å²) in [7, 11) is -2.06. The molecule has 29 heavy (non-hydrogen) atoms. The predicted octanol–water partition coefficient (Wildman–Crippen LogP) is 1.56. The first kappa shape index (κ1) is 20.7. The number of rotatable bonds is 6. The van der Waals surface area contributed by atoms with E-state index in [2.05, 4.69) is 4.90 Å². The molecule has 1 fully saturated rings. The van der Waals surface area contributed by atoms with Crippen LogP contribution in [0.25, 0.3) is 0 Å². The Kier molecular flexibility index (Phi) is 6.14. The Hall–Kier alpha value is -2.98. The number of non-ortho nitro benzene ring substituents is 1. The maximum atomic E-state index is 13.2. The molecule has 9 nitrogen and oxygen atoms in total. The number of nitro benzene ring substituents is 1. The molecule has 0 radical (unpaired) electrons. The third kappa shape index (κ3) is 4.72. The topological polar surface area (TPSA) is 104 Å². The summed E-state index contributed by atoms with van der Waals surface area (Å²) in [5, 5.41) is 10.9. The fourth-order valence-corrected chi connectivity index (χ4v) is 4.49. The Balaban J connectivity index is 1.93. The van der Waals surface area contributed by atoms with E-state index in [-0.39, 0.29) is 28.7 Å². The van der Waals surface area contributed by atoms with E-state index in [0.717, 1.165) is 4.31 Å². The summed E-state index contributed by atoms with van der Waals surface area (Å²) in [6.07, 6.45) is 0. The lowest BCUT2D eigenvalue weighted by molar-refractivity contribution is -0.384. The molecule has 1 amide bonds. The first-order chi connectivity index (χ1) is 13.8. The van der Waals surface area contributed by atoms with Crippen molar-refractivity contribution >= 4 is 27.3 Å². The second kappa shape index (κ2) is 8.58. The molecule has 0 spiro atoms. The predicted molar refractivity (Wildman–Crippen MR) is 108 cm³/mol. The fraction of sp³-hybridized carbons (Fsp3) is 0.316. The van der Waals surface area contributed by atoms with Crippen molar-refractivity contribution in [3.63, 3.8) is 0 Å². The van der Waals surface area contributed by atoms with Gasteiger partial charge in [-0.1, -0.05) is 18.2 Å². The van der Waals surface area contributed by atoms with Gasteiger partial charge in [-0.05, 0) is 31.3 Å². The maximum Gasteiger partial charge on any atom is 0.269 e. The van der Waals surface area contributed by atoms with E-state index in [1.807, 2.05) is 7.05 Å². The van der Waals surface area contributed by atoms with Crippen LogP contribution in [0.2, 0.25) is 0 Å². The van der Waals surface area contributed by atoms with E-state index in [4.69, 9.17) is 0 Å². The second-order valence-corrected chi connectivity index (χ2v) is 8.64. The fourth-order valence-electron chi connectivity index (χ4n) is 3.05. The molecule has 3 rings (SSSR count). The van der Waals surface area contributed by atoms with Crippen LogP contribution in [0.4, 0.5) is 11.4 Å². The van der Waals surface area contributed by atoms with Crippen LogP contribution >= 0.6 is 0 Å². The molecule has 0 atom stereocenters. The molecule has 1 heterocycles. The minimum absolute atomic E-state index is 0.0459. The summed E-state index contributed by atoms with van der Waals surface area (Å²) < 4.78 is 27.5. The SMILES string of the molecule is CN1CCN(C(=O)CN(c2ccc([N+](=O)[O-])cc2)S(=O)(=O)c2ccccc2)CC1. The van der Waals surface area contributed by atoms with Gasteiger partial charge in [-0.15, -0.1) is 0 Å². The van der Waals surface area contributed by atoms with Crippen molar-refractivity contribution in [2.75, 3.05) is 44.1 Å². The van der Waals surface area contributed by atoms with Crippen molar-refractivity contribution in [3.05, 3.63) is 64.7 Å². The number of amides is 1. The molecular weight excluding hydrogens is 396 g/mol. The molecule has 2 aromatic carbocycles. The summed E-state index contributed by atoms with van der Waals surface area (Å²) in [6.45, 7) is 2.10. The van der Waals surface area contributed by atoms with Gasteiger partial charge >= 0.3 is 0 Å². The lowest BCUT2D eigenvalue weighted by Crippen LogP contribution is -2.50. The number of piperazine rings is 1. The summed E-state index contributed by atoms with van der Waals surface area (Å²) in [5.41, 5.74) is 0.0399. The van der Waals surface area contributed by atoms with Gasteiger partial charge < -0.3 is 9.80 Å². The van der Waals surface area contributed by atoms with Crippen molar-refractivity contribution in [1.82, 2.24) is 9.80 Å². The second-order valence-electron chi connectivity index (χ2n) is 6.78. The van der Waals surface area contributed by atoms with Crippen LogP contribution in [0, 0.1) is 10.1 Å². The monoisotopic (exact) mass is 418 g/mol. The average Bonchev–Trinajstić information content (AvgIpc) is 2.73. The third-order valence-electron chi connectivity index (χ3n) is 4.81. The first-order valence-corrected chi connectivity index (χ1v) is 10.5. The summed E-state index contributed by atoms with van der Waals surface area (Å²) in [4.78, 5) is 27.0. The Morgan fingerprint density at radius 1 is 1.03 bits per heavy atom. The van der Waals surface area contributed by atoms with Crippen LogP contribution in [-0.2, 0) is 14.8 Å². The van der Waals surface area contributed by atoms with E-state index in [9.17, 15) is 23.3 Å². The zero-order valence-corrected chi connectivity index (χ0v) is 16.8. The summed E-state index contributed by atoms with van der Waals surface area (Å²) in [5.74, 6) is -0.309. The van der Waals surface area contributed by atoms with Crippen LogP contribution in [0.1, 0.15) is 0 Å². The van der Waals surface area contributed by atoms with Gasteiger partial charge in [0.25, 0.3) is 15.7 Å². The van der Waals surface area contributed by atoms with Crippen molar-refractivity contribution < 1.29 is 18.1 Å². The standard InChI is InChI=1S/C19H22N4O5S/c1-20-11-13-21(14-12-20)19(24)15-22(16-7-9-17(10-8-16)23(25)26)29(27,28)18-5-3-2-4-6-18/h2-10H,11-15H2,1H3. The number of carbonyl (C=O) groups is 1. The van der Waals surface area contributed by atoms with Gasteiger partial charge in [-0.2, -0.15) is 0 Å². The zero-order chi connectivity index (χ0) is 21.0. The largest absolute Gasteiger partial charge is 0.339 e. The highest BCUT2D eigenvalue weighted by Gasteiger charge is 2.30. The highest BCUT2D eigenvalue weighted by Crippen LogP contribution is 2.26. The van der Waals surface area contributed by atoms with Crippen molar-refractivity contribution in [1.29, 1.82) is 0 Å². The third-order valence-corrected chi connectivity index (χ3v) is 6.60. The van der Waals surface area contributed by atoms with Crippen LogP contribution in [-0.4, -0.2) is 68.8 Å². The Bertz CT molecular complexity index is 971. The minimum atomic E-state index is -4.03. The normalized spacial score (nSPS) is 15.1. The Morgan fingerprint density at radius 2 is 1.62 bits per heavy atom. The van der Waals surface area contributed by atoms with E-state index < -0.39 is 14.9 Å². The number of hydrogen-bond donors (Lipinski definition) is 0. The van der Waals surface area contributed by atoms with E-state index >= 15 is 0 Å². The van der Waals surface area contributed by atoms with Gasteiger partial charge in [0.1, 0.15) is 6.54 Å². The summed E-state index contributed by atoms with van der Waals surface area (Å²) >= 11 is 0. The minimum Gasteiger partial charge on any atom is -0.339 e. The van der Waals surface area contributed by atoms with Crippen molar-refractivity contribution in [2.45, 2.75) is 4.90 Å². The molecule has 0 bridgehead atoms. The number of carbonyl (C=O) groups excluding carboxylic acids is 1. The first-order valence-electron chi connectivity index (χ1n) is 9.07. The molecule has 0 aromatic heterocycles. The van der Waals surface area contributed by atoms with Gasteiger partial charge in [-0.3, -0.25) is 19.2 Å². The average molecular weight is 418 g/mol. The number of benzene rings is 2. The maximum absolute atomic E-state index is 13.2. The molecule has 2 aromatic rings. The van der Waals surface area contributed by atoms with E-state index in [1.165, 1.54) is 36.4 Å². The highest BCUT2D eigenvalue weighted by molar-refractivity contribution is 7.92. The molecule has 0 saturated carbocycles. The van der Waals surface area contributed by atoms with Crippen molar-refractivity contribution in [2.24, 2.45) is 0 Å². The van der Waals surface area contributed by atoms with Crippen LogP contribution in [0.3, 0.4) is 0 Å². The molecule has 1 aliphatic rings. The zero-order valence-electron chi connectivity index (χ0n) is 16.0. The number of sulfonamides is 1. The van der Waals surface area contributed by atoms with Crippen LogP contribution in [0.15, 0.2) is 59.5 Å². The highest BCUT2D eigenvalue weighted by atomic mass is 32.2. The molecule has 0 unspecified atom stereocenters. The Morgan fingerprint density at radius 3 is 2.17 bits per heavy atom. The number of likely N-dealkylation sites (N-methyl/N-ethyl adjacent to an activating group) is 1. The number of anilines is 1. The van der Waals surface area contributed by atoms with E-state index in [1.54, 1.807) is 23.1 Å². The van der Waals surface area contributed by atoms with E-state index in [0.29, 0.717) is 26.2 Å². The van der Waals surface area contributed by atoms with Crippen molar-refractivity contribution in [3.8, 4) is 0 Å². The van der Waals surface area contributed by atoms with Crippen LogP contribution < -0.4 is 4.31 Å². The molecular formula is C19H22N4O5S. The molecule has 154 valence electrons. The van der Waals surface area contributed by atoms with Gasteiger partial charge in [0.05, 0.1) is 15.5 Å². The molecule has 0 aliphatic carbocycles. The molecule has 1 saturated heterocycles. The van der Waals surface area contributed by atoms with Gasteiger partial charge in [0.15, 0.2) is 0 Å². The Labute approximate surface area is 169 Å². The van der Waals surface area contributed by atoms with Gasteiger partial charge in [0.2, 0.25) is 5.91 Å². The van der Waals surface area contributed by atoms with Crippen LogP contribution in [0.5, 0.6) is 0 Å². The number of nitro groups is 1.